The Morgan fingerprint density at radius 1 is 1.00 bits per heavy atom. The Morgan fingerprint density at radius 3 is 2.45 bits per heavy atom. The number of nitrogens with one attached hydrogen (secondary N) is 1. The quantitative estimate of drug-likeness (QED) is 0.798. The average molecular weight is 436 g/mol. The Hall–Kier alpha value is -3.08. The fraction of sp³-hybridized carbons (Fsp3) is 0.450. The van der Waals surface area contributed by atoms with Gasteiger partial charge in [0.2, 0.25) is 0 Å². The summed E-state index contributed by atoms with van der Waals surface area (Å²) in [7, 11) is 0. The van der Waals surface area contributed by atoms with Gasteiger partial charge in [0.25, 0.3) is 0 Å². The van der Waals surface area contributed by atoms with E-state index in [0.29, 0.717) is 39.4 Å². The highest BCUT2D eigenvalue weighted by Crippen LogP contribution is 2.30. The van der Waals surface area contributed by atoms with Crippen LogP contribution in [-0.2, 0) is 10.9 Å². The number of anilines is 3. The van der Waals surface area contributed by atoms with Crippen LogP contribution in [0.1, 0.15) is 5.56 Å². The van der Waals surface area contributed by atoms with Gasteiger partial charge in [0.05, 0.1) is 30.7 Å². The van der Waals surface area contributed by atoms with Crippen LogP contribution in [0.3, 0.4) is 0 Å². The van der Waals surface area contributed by atoms with Crippen molar-refractivity contribution >= 4 is 23.2 Å². The Bertz CT molecular complexity index is 912. The van der Waals surface area contributed by atoms with Crippen LogP contribution in [0.15, 0.2) is 36.5 Å². The fourth-order valence-electron chi connectivity index (χ4n) is 3.61. The molecule has 2 aliphatic heterocycles. The van der Waals surface area contributed by atoms with Crippen LogP contribution in [0.4, 0.5) is 35.2 Å². The molecule has 8 nitrogen and oxygen atoms in total. The summed E-state index contributed by atoms with van der Waals surface area (Å²) in [5.41, 5.74) is 0.304. The molecule has 0 bridgehead atoms. The van der Waals surface area contributed by atoms with Gasteiger partial charge in [-0.05, 0) is 18.2 Å². The van der Waals surface area contributed by atoms with Crippen LogP contribution in [0, 0.1) is 0 Å². The number of carbonyl (C=O) groups excluding carboxylic acids is 1. The van der Waals surface area contributed by atoms with E-state index in [1.165, 1.54) is 12.1 Å². The van der Waals surface area contributed by atoms with Gasteiger partial charge < -0.3 is 24.8 Å². The summed E-state index contributed by atoms with van der Waals surface area (Å²) >= 11 is 0. The predicted octanol–water partition coefficient (Wildman–Crippen LogP) is 2.69. The molecule has 0 atom stereocenters. The van der Waals surface area contributed by atoms with Crippen molar-refractivity contribution in [3.8, 4) is 0 Å². The van der Waals surface area contributed by atoms with Crippen LogP contribution < -0.4 is 15.1 Å². The second-order valence-electron chi connectivity index (χ2n) is 7.35. The van der Waals surface area contributed by atoms with E-state index in [-0.39, 0.29) is 5.69 Å². The maximum absolute atomic E-state index is 12.9. The number of piperazine rings is 1. The second-order valence-corrected chi connectivity index (χ2v) is 7.35. The Kier molecular flexibility index (Phi) is 6.12. The van der Waals surface area contributed by atoms with E-state index in [9.17, 15) is 18.0 Å². The minimum atomic E-state index is -4.46. The smallest absolute Gasteiger partial charge is 0.378 e. The molecule has 2 saturated heterocycles. The highest BCUT2D eigenvalue weighted by Gasteiger charge is 2.31. The molecule has 2 aromatic rings. The number of nitrogens with zero attached hydrogens (tertiary/aromatic N) is 5. The zero-order valence-corrected chi connectivity index (χ0v) is 16.8. The number of halogens is 3. The molecule has 0 radical (unpaired) electrons. The van der Waals surface area contributed by atoms with Gasteiger partial charge in [-0.1, -0.05) is 6.07 Å². The predicted molar refractivity (Wildman–Crippen MR) is 109 cm³/mol. The van der Waals surface area contributed by atoms with Gasteiger partial charge in [-0.3, -0.25) is 0 Å². The highest BCUT2D eigenvalue weighted by atomic mass is 19.4. The summed E-state index contributed by atoms with van der Waals surface area (Å²) in [5.74, 6) is 0.738. The second kappa shape index (κ2) is 8.96. The topological polar surface area (TPSA) is 73.8 Å². The number of rotatable bonds is 3. The third-order valence-corrected chi connectivity index (χ3v) is 5.34. The number of hydrogen-bond acceptors (Lipinski definition) is 6. The number of amides is 2. The monoisotopic (exact) mass is 436 g/mol. The van der Waals surface area contributed by atoms with Crippen molar-refractivity contribution in [2.75, 3.05) is 67.6 Å². The van der Waals surface area contributed by atoms with E-state index < -0.39 is 17.8 Å². The lowest BCUT2D eigenvalue weighted by Gasteiger charge is -2.35. The van der Waals surface area contributed by atoms with Crippen molar-refractivity contribution in [1.29, 1.82) is 0 Å². The molecule has 166 valence electrons. The van der Waals surface area contributed by atoms with Crippen molar-refractivity contribution in [2.45, 2.75) is 6.18 Å². The number of benzene rings is 1. The molecule has 1 aromatic heterocycles. The van der Waals surface area contributed by atoms with Gasteiger partial charge in [-0.2, -0.15) is 18.3 Å². The molecule has 0 unspecified atom stereocenters. The van der Waals surface area contributed by atoms with E-state index in [0.717, 1.165) is 36.7 Å². The molecule has 2 fully saturated rings. The van der Waals surface area contributed by atoms with Crippen molar-refractivity contribution in [2.24, 2.45) is 0 Å². The van der Waals surface area contributed by atoms with E-state index in [1.54, 1.807) is 11.1 Å². The maximum atomic E-state index is 12.9. The Balaban J connectivity index is 1.34. The summed E-state index contributed by atoms with van der Waals surface area (Å²) in [6.07, 6.45) is -2.73. The third-order valence-electron chi connectivity index (χ3n) is 5.34. The van der Waals surface area contributed by atoms with Gasteiger partial charge in [-0.15, -0.1) is 5.10 Å². The van der Waals surface area contributed by atoms with E-state index in [1.807, 2.05) is 11.0 Å². The molecule has 1 aromatic carbocycles. The number of morpholine rings is 1. The molecule has 4 rings (SSSR count). The van der Waals surface area contributed by atoms with Crippen molar-refractivity contribution in [1.82, 2.24) is 15.1 Å². The fourth-order valence-corrected chi connectivity index (χ4v) is 3.61. The third kappa shape index (κ3) is 5.16. The number of urea groups is 1. The molecule has 3 heterocycles. The van der Waals surface area contributed by atoms with Gasteiger partial charge in [-0.25, -0.2) is 4.79 Å². The Morgan fingerprint density at radius 2 is 1.74 bits per heavy atom. The number of carbonyl (C=O) groups is 1. The molecule has 11 heteroatoms. The van der Waals surface area contributed by atoms with Crippen LogP contribution in [-0.4, -0.2) is 73.6 Å². The first-order chi connectivity index (χ1) is 14.9. The summed E-state index contributed by atoms with van der Waals surface area (Å²) in [4.78, 5) is 18.3. The zero-order valence-electron chi connectivity index (χ0n) is 16.8. The number of alkyl halides is 3. The lowest BCUT2D eigenvalue weighted by molar-refractivity contribution is -0.137. The average Bonchev–Trinajstić information content (AvgIpc) is 2.79. The van der Waals surface area contributed by atoms with Gasteiger partial charge in [0.15, 0.2) is 5.82 Å². The molecular formula is C20H23F3N6O2. The lowest BCUT2D eigenvalue weighted by Crippen LogP contribution is -2.50. The van der Waals surface area contributed by atoms with Gasteiger partial charge in [0.1, 0.15) is 0 Å². The first-order valence-corrected chi connectivity index (χ1v) is 10.0. The molecular weight excluding hydrogens is 413 g/mol. The van der Waals surface area contributed by atoms with E-state index >= 15 is 0 Å². The molecule has 1 N–H and O–H groups in total. The minimum absolute atomic E-state index is 0.117. The molecule has 31 heavy (non-hydrogen) atoms. The largest absolute Gasteiger partial charge is 0.416 e. The van der Waals surface area contributed by atoms with Crippen LogP contribution in [0.2, 0.25) is 0 Å². The van der Waals surface area contributed by atoms with Gasteiger partial charge in [0, 0.05) is 51.0 Å². The summed E-state index contributed by atoms with van der Waals surface area (Å²) in [6.45, 7) is 4.91. The summed E-state index contributed by atoms with van der Waals surface area (Å²) in [5, 5.41) is 10.9. The number of aromatic nitrogens is 2. The molecule has 0 saturated carbocycles. The molecule has 0 spiro atoms. The zero-order chi connectivity index (χ0) is 21.8. The highest BCUT2D eigenvalue weighted by molar-refractivity contribution is 5.89. The molecule has 2 aliphatic rings. The van der Waals surface area contributed by atoms with Crippen LogP contribution in [0.25, 0.3) is 0 Å². The standard InChI is InChI=1S/C20H23F3N6O2/c21-20(22,23)15-2-1-3-16(12-15)25-19(30)29-6-4-28(5-7-29)18-13-17(14-24-26-18)27-8-10-31-11-9-27/h1-3,12-14H,4-11H2,(H,25,30). The number of hydrogen-bond donors (Lipinski definition) is 1. The van der Waals surface area contributed by atoms with Crippen LogP contribution in [0.5, 0.6) is 0 Å². The van der Waals surface area contributed by atoms with Gasteiger partial charge >= 0.3 is 12.2 Å². The summed E-state index contributed by atoms with van der Waals surface area (Å²) in [6, 6.07) is 6.18. The van der Waals surface area contributed by atoms with Crippen molar-refractivity contribution < 1.29 is 22.7 Å². The normalized spacial score (nSPS) is 17.6. The first kappa shape index (κ1) is 21.2. The van der Waals surface area contributed by atoms with Crippen LogP contribution >= 0.6 is 0 Å². The minimum Gasteiger partial charge on any atom is -0.378 e. The summed E-state index contributed by atoms with van der Waals surface area (Å²) < 4.78 is 44.0. The Labute approximate surface area is 177 Å². The van der Waals surface area contributed by atoms with Crippen molar-refractivity contribution in [3.63, 3.8) is 0 Å². The lowest BCUT2D eigenvalue weighted by atomic mass is 10.2. The first-order valence-electron chi connectivity index (χ1n) is 10.0. The molecule has 2 amide bonds. The SMILES string of the molecule is O=C(Nc1cccc(C(F)(F)F)c1)N1CCN(c2cc(N3CCOCC3)cnn2)CC1. The van der Waals surface area contributed by atoms with Crippen molar-refractivity contribution in [3.05, 3.63) is 42.1 Å². The van der Waals surface area contributed by atoms with E-state index in [2.05, 4.69) is 20.4 Å². The molecule has 0 aliphatic carbocycles. The maximum Gasteiger partial charge on any atom is 0.416 e. The number of ether oxygens (including phenoxy) is 1. The van der Waals surface area contributed by atoms with E-state index in [4.69, 9.17) is 4.74 Å².